The smallest absolute Gasteiger partial charge is 0.462 e. The van der Waals surface area contributed by atoms with E-state index in [9.17, 15) is 43.2 Å². The first-order valence-corrected chi connectivity index (χ1v) is 42.4. The maximum absolute atomic E-state index is 13.1. The predicted molar refractivity (Wildman–Crippen MR) is 418 cm³/mol. The number of carbonyl (C=O) groups is 4. The zero-order chi connectivity index (χ0) is 74.6. The molecule has 0 aromatic rings. The Morgan fingerprint density at radius 1 is 0.284 bits per heavy atom. The molecule has 0 saturated carbocycles. The van der Waals surface area contributed by atoms with E-state index in [1.54, 1.807) is 0 Å². The van der Waals surface area contributed by atoms with Crippen molar-refractivity contribution < 1.29 is 80.2 Å². The van der Waals surface area contributed by atoms with E-state index >= 15 is 0 Å². The summed E-state index contributed by atoms with van der Waals surface area (Å²) in [5.41, 5.74) is 0. The fourth-order valence-electron chi connectivity index (χ4n) is 10.2. The first-order chi connectivity index (χ1) is 49.7. The van der Waals surface area contributed by atoms with Crippen molar-refractivity contribution >= 4 is 39.5 Å². The van der Waals surface area contributed by atoms with E-state index in [-0.39, 0.29) is 25.7 Å². The van der Waals surface area contributed by atoms with Crippen LogP contribution in [0.5, 0.6) is 0 Å². The lowest BCUT2D eigenvalue weighted by molar-refractivity contribution is -0.161. The van der Waals surface area contributed by atoms with Crippen LogP contribution in [-0.2, 0) is 65.4 Å². The maximum Gasteiger partial charge on any atom is 0.472 e. The quantitative estimate of drug-likeness (QED) is 0.0169. The van der Waals surface area contributed by atoms with Gasteiger partial charge in [-0.1, -0.05) is 290 Å². The van der Waals surface area contributed by atoms with Gasteiger partial charge in [-0.15, -0.1) is 0 Å². The predicted octanol–water partition coefficient (Wildman–Crippen LogP) is 22.9. The molecule has 17 nitrogen and oxygen atoms in total. The molecule has 0 spiro atoms. The van der Waals surface area contributed by atoms with Crippen LogP contribution >= 0.6 is 15.6 Å². The zero-order valence-corrected chi connectivity index (χ0v) is 65.5. The van der Waals surface area contributed by atoms with Gasteiger partial charge in [-0.2, -0.15) is 0 Å². The molecule has 0 saturated heterocycles. The number of unbranched alkanes of at least 4 members (excludes halogenated alkanes) is 25. The molecule has 3 N–H and O–H groups in total. The molecule has 0 aliphatic rings. The van der Waals surface area contributed by atoms with Crippen molar-refractivity contribution in [2.75, 3.05) is 39.6 Å². The molecule has 0 aliphatic heterocycles. The van der Waals surface area contributed by atoms with Crippen LogP contribution in [0.1, 0.15) is 310 Å². The van der Waals surface area contributed by atoms with Gasteiger partial charge in [-0.3, -0.25) is 37.3 Å². The van der Waals surface area contributed by atoms with Crippen LogP contribution in [-0.4, -0.2) is 96.7 Å². The van der Waals surface area contributed by atoms with Crippen LogP contribution in [0.3, 0.4) is 0 Å². The number of esters is 4. The number of ether oxygens (including phenoxy) is 4. The maximum atomic E-state index is 13.1. The lowest BCUT2D eigenvalue weighted by atomic mass is 10.0. The molecule has 0 aromatic carbocycles. The zero-order valence-electron chi connectivity index (χ0n) is 63.7. The SMILES string of the molecule is CC/C=C\C/C=C\C/C=C\C/C=C\C/C=C\C/C=C\CCC(=O)OCC(COP(=O)(O)OCC(O)COP(=O)(O)OCC(COC(=O)CCCC/C=C\C/C=C\C/C=C\C/C=C\CC)OC(=O)CCCCCCCCCCCCCCCCC)OC(=O)CCCCCCC/C=C\CCCCCC. The van der Waals surface area contributed by atoms with E-state index in [0.717, 1.165) is 135 Å². The molecule has 0 radical (unpaired) electrons. The highest BCUT2D eigenvalue weighted by molar-refractivity contribution is 7.47. The first-order valence-electron chi connectivity index (χ1n) is 39.4. The highest BCUT2D eigenvalue weighted by atomic mass is 31.2. The fourth-order valence-corrected chi connectivity index (χ4v) is 11.8. The highest BCUT2D eigenvalue weighted by Crippen LogP contribution is 2.45. The van der Waals surface area contributed by atoms with Gasteiger partial charge in [-0.25, -0.2) is 9.13 Å². The van der Waals surface area contributed by atoms with Crippen molar-refractivity contribution in [1.82, 2.24) is 0 Å². The van der Waals surface area contributed by atoms with E-state index in [4.69, 9.17) is 37.0 Å². The van der Waals surface area contributed by atoms with Gasteiger partial charge in [0.25, 0.3) is 0 Å². The minimum atomic E-state index is -5.00. The summed E-state index contributed by atoms with van der Waals surface area (Å²) >= 11 is 0. The number of carbonyl (C=O) groups excluding carboxylic acids is 4. The summed E-state index contributed by atoms with van der Waals surface area (Å²) in [7, 11) is -9.99. The third kappa shape index (κ3) is 73.5. The van der Waals surface area contributed by atoms with Gasteiger partial charge in [0, 0.05) is 25.7 Å². The lowest BCUT2D eigenvalue weighted by Crippen LogP contribution is -2.30. The molecule has 0 aliphatic carbocycles. The van der Waals surface area contributed by atoms with Crippen molar-refractivity contribution in [3.05, 3.63) is 134 Å². The molecule has 0 fully saturated rings. The number of rotatable bonds is 73. The van der Waals surface area contributed by atoms with Gasteiger partial charge in [-0.05, 0) is 128 Å². The number of aliphatic hydroxyl groups excluding tert-OH is 1. The van der Waals surface area contributed by atoms with Crippen molar-refractivity contribution in [2.45, 2.75) is 329 Å². The fraction of sp³-hybridized carbons (Fsp3) is 0.687. The molecule has 0 rings (SSSR count). The normalized spacial score (nSPS) is 14.6. The van der Waals surface area contributed by atoms with Gasteiger partial charge in [0.05, 0.1) is 26.4 Å². The monoisotopic (exact) mass is 1470 g/mol. The average Bonchev–Trinajstić information content (AvgIpc) is 0.908. The Kier molecular flexibility index (Phi) is 71.0. The Morgan fingerprint density at radius 2 is 0.529 bits per heavy atom. The van der Waals surface area contributed by atoms with Gasteiger partial charge in [0.1, 0.15) is 19.3 Å². The topological polar surface area (TPSA) is 237 Å². The second-order valence-corrected chi connectivity index (χ2v) is 28.8. The van der Waals surface area contributed by atoms with Crippen molar-refractivity contribution in [3.63, 3.8) is 0 Å². The second kappa shape index (κ2) is 74.5. The summed E-state index contributed by atoms with van der Waals surface area (Å²) in [6.45, 7) is 4.50. The molecule has 5 atom stereocenters. The molecular weight excluding hydrogens is 1330 g/mol. The molecule has 0 heterocycles. The van der Waals surface area contributed by atoms with Crippen LogP contribution in [0.2, 0.25) is 0 Å². The molecule has 5 unspecified atom stereocenters. The summed E-state index contributed by atoms with van der Waals surface area (Å²) in [6, 6.07) is 0. The summed E-state index contributed by atoms with van der Waals surface area (Å²) < 4.78 is 68.4. The number of hydrogen-bond acceptors (Lipinski definition) is 15. The Hall–Kier alpha value is -4.80. The number of hydrogen-bond donors (Lipinski definition) is 3. The van der Waals surface area contributed by atoms with E-state index in [2.05, 4.69) is 143 Å². The van der Waals surface area contributed by atoms with Gasteiger partial charge in [0.2, 0.25) is 0 Å². The van der Waals surface area contributed by atoms with Crippen LogP contribution in [0.25, 0.3) is 0 Å². The molecule has 0 aromatic heterocycles. The first kappa shape index (κ1) is 97.2. The van der Waals surface area contributed by atoms with Crippen molar-refractivity contribution in [2.24, 2.45) is 0 Å². The lowest BCUT2D eigenvalue weighted by Gasteiger charge is -2.21. The second-order valence-electron chi connectivity index (χ2n) is 25.9. The van der Waals surface area contributed by atoms with Crippen LogP contribution < -0.4 is 0 Å². The van der Waals surface area contributed by atoms with Crippen LogP contribution in [0.4, 0.5) is 0 Å². The molecular formula is C83H140O17P2. The molecule has 0 amide bonds. The molecule has 0 bridgehead atoms. The number of phosphoric acid groups is 2. The third-order valence-corrected chi connectivity index (χ3v) is 18.0. The molecule has 102 heavy (non-hydrogen) atoms. The minimum Gasteiger partial charge on any atom is -0.462 e. The molecule has 19 heteroatoms. The Balaban J connectivity index is 5.44. The van der Waals surface area contributed by atoms with E-state index < -0.39 is 97.5 Å². The van der Waals surface area contributed by atoms with E-state index in [0.29, 0.717) is 32.1 Å². The summed E-state index contributed by atoms with van der Waals surface area (Å²) in [5.74, 6) is -2.33. The van der Waals surface area contributed by atoms with Crippen molar-refractivity contribution in [1.29, 1.82) is 0 Å². The summed E-state index contributed by atoms with van der Waals surface area (Å²) in [5, 5.41) is 10.6. The number of aliphatic hydroxyl groups is 1. The Bertz CT molecular complexity index is 2460. The van der Waals surface area contributed by atoms with E-state index in [1.165, 1.54) is 89.9 Å². The summed E-state index contributed by atoms with van der Waals surface area (Å²) in [6.07, 6.45) is 83.1. The minimum absolute atomic E-state index is 0.0316. The van der Waals surface area contributed by atoms with Crippen molar-refractivity contribution in [3.8, 4) is 0 Å². The number of allylic oxidation sites excluding steroid dienone is 22. The van der Waals surface area contributed by atoms with Crippen LogP contribution in [0.15, 0.2) is 134 Å². The number of phosphoric ester groups is 2. The van der Waals surface area contributed by atoms with E-state index in [1.807, 2.05) is 18.2 Å². The third-order valence-electron chi connectivity index (χ3n) is 16.1. The molecule has 584 valence electrons. The Morgan fingerprint density at radius 3 is 0.882 bits per heavy atom. The van der Waals surface area contributed by atoms with Gasteiger partial charge >= 0.3 is 39.5 Å². The largest absolute Gasteiger partial charge is 0.472 e. The van der Waals surface area contributed by atoms with Gasteiger partial charge < -0.3 is 33.8 Å². The Labute approximate surface area is 618 Å². The highest BCUT2D eigenvalue weighted by Gasteiger charge is 2.30. The van der Waals surface area contributed by atoms with Gasteiger partial charge in [0.15, 0.2) is 12.2 Å². The standard InChI is InChI=1S/C83H140O17P2/c1-5-9-13-17-21-25-29-33-36-37-38-39-42-45-48-52-56-60-64-68-81(86)94-73-78(99-82(87)69-65-61-57-53-49-43-32-28-24-20-16-12-8-4)75-97-101(89,90)95-71-77(84)72-96-102(91,92)98-76-79(100-83(88)70-66-62-58-54-50-46-41-35-31-27-23-19-15-11-7-3)74-93-80(85)67-63-59-55-51-47-44-40-34-30-26-22-18-14-10-6-2/h9-10,13-14,21-22,25-26,28,32-34,36,38-40,45,47-48,51,56,60,77-79,84H,5-8,11-12,15-20,23-24,27,29-31,35,37,41-44,46,49-50,52-55,57-59,61-76H2,1-4H3,(H,89,90)(H,91,92)/b13-9-,14-10-,25-21-,26-22-,32-28-,36-33-,39-38-,40-34-,48-45-,51-47-,60-56-. The average molecular weight is 1470 g/mol. The summed E-state index contributed by atoms with van der Waals surface area (Å²) in [4.78, 5) is 72.9. The van der Waals surface area contributed by atoms with Crippen LogP contribution in [0, 0.1) is 0 Å².